The Balaban J connectivity index is 1.17. The Morgan fingerprint density at radius 1 is 1.22 bits per heavy atom. The van der Waals surface area contributed by atoms with Crippen LogP contribution in [0.25, 0.3) is 10.9 Å². The third-order valence-electron chi connectivity index (χ3n) is 7.85. The van der Waals surface area contributed by atoms with E-state index < -0.39 is 0 Å². The van der Waals surface area contributed by atoms with Crippen molar-refractivity contribution in [2.75, 3.05) is 31.1 Å². The van der Waals surface area contributed by atoms with Gasteiger partial charge in [0, 0.05) is 30.6 Å². The van der Waals surface area contributed by atoms with Gasteiger partial charge in [0.25, 0.3) is 5.56 Å². The first kappa shape index (κ1) is 24.2. The number of anilines is 1. The van der Waals surface area contributed by atoms with E-state index in [2.05, 4.69) is 27.1 Å². The lowest BCUT2D eigenvalue weighted by Crippen LogP contribution is -2.41. The number of piperidine rings is 1. The number of halogens is 1. The first-order chi connectivity index (χ1) is 17.5. The molecule has 10 heteroatoms. The van der Waals surface area contributed by atoms with Crippen molar-refractivity contribution in [3.8, 4) is 0 Å². The van der Waals surface area contributed by atoms with Crippen molar-refractivity contribution in [1.82, 2.24) is 24.8 Å². The minimum atomic E-state index is -0.104. The zero-order valence-electron chi connectivity index (χ0n) is 20.5. The molecule has 1 spiro atoms. The van der Waals surface area contributed by atoms with E-state index in [9.17, 15) is 4.79 Å². The average Bonchev–Trinajstić information content (AvgIpc) is 3.53. The molecule has 1 N–H and O–H groups in total. The SMILES string of the molecule is C[C@H]1CC2(CCN(c3cnc(Sc4ccc5ncn(CC6CCCN6)c(=O)c5c4Cl)cn3)CC2)CO1. The highest BCUT2D eigenvalue weighted by Crippen LogP contribution is 2.42. The Morgan fingerprint density at radius 3 is 2.78 bits per heavy atom. The van der Waals surface area contributed by atoms with Crippen LogP contribution in [-0.4, -0.2) is 57.9 Å². The first-order valence-corrected chi connectivity index (χ1v) is 14.0. The normalized spacial score (nSPS) is 23.7. The fourth-order valence-electron chi connectivity index (χ4n) is 5.79. The van der Waals surface area contributed by atoms with Gasteiger partial charge in [0.2, 0.25) is 0 Å². The van der Waals surface area contributed by atoms with Crippen LogP contribution < -0.4 is 15.8 Å². The van der Waals surface area contributed by atoms with Crippen molar-refractivity contribution in [3.63, 3.8) is 0 Å². The van der Waals surface area contributed by atoms with Crippen molar-refractivity contribution in [2.45, 2.75) is 67.6 Å². The topological polar surface area (TPSA) is 85.2 Å². The van der Waals surface area contributed by atoms with Crippen LogP contribution >= 0.6 is 23.4 Å². The Labute approximate surface area is 219 Å². The average molecular weight is 527 g/mol. The Bertz CT molecular complexity index is 1300. The van der Waals surface area contributed by atoms with Crippen LogP contribution in [0.4, 0.5) is 5.82 Å². The molecule has 6 rings (SSSR count). The molecule has 8 nitrogen and oxygen atoms in total. The van der Waals surface area contributed by atoms with Gasteiger partial charge in [-0.25, -0.2) is 15.0 Å². The fraction of sp³-hybridized carbons (Fsp3) is 0.538. The molecule has 3 fully saturated rings. The molecule has 2 atom stereocenters. The van der Waals surface area contributed by atoms with Crippen LogP contribution in [0.2, 0.25) is 5.02 Å². The molecular formula is C26H31ClN6O2S. The van der Waals surface area contributed by atoms with Crippen molar-refractivity contribution in [3.05, 3.63) is 46.2 Å². The van der Waals surface area contributed by atoms with Crippen LogP contribution in [0.1, 0.15) is 39.0 Å². The lowest BCUT2D eigenvalue weighted by atomic mass is 9.77. The highest BCUT2D eigenvalue weighted by Gasteiger charge is 2.41. The van der Waals surface area contributed by atoms with Gasteiger partial charge in [0.15, 0.2) is 0 Å². The first-order valence-electron chi connectivity index (χ1n) is 12.8. The molecule has 0 bridgehead atoms. The lowest BCUT2D eigenvalue weighted by molar-refractivity contribution is 0.0976. The maximum absolute atomic E-state index is 13.2. The molecule has 190 valence electrons. The summed E-state index contributed by atoms with van der Waals surface area (Å²) in [5.74, 6) is 0.901. The third-order valence-corrected chi connectivity index (χ3v) is 9.33. The summed E-state index contributed by atoms with van der Waals surface area (Å²) in [4.78, 5) is 30.1. The summed E-state index contributed by atoms with van der Waals surface area (Å²) < 4.78 is 7.52. The highest BCUT2D eigenvalue weighted by atomic mass is 35.5. The molecule has 3 aliphatic rings. The van der Waals surface area contributed by atoms with Crippen LogP contribution in [-0.2, 0) is 11.3 Å². The molecule has 0 amide bonds. The zero-order valence-corrected chi connectivity index (χ0v) is 22.0. The number of fused-ring (bicyclic) bond motifs is 1. The minimum absolute atomic E-state index is 0.104. The summed E-state index contributed by atoms with van der Waals surface area (Å²) in [5, 5.41) is 5.05. The number of rotatable bonds is 5. The molecule has 0 saturated carbocycles. The van der Waals surface area contributed by atoms with Gasteiger partial charge < -0.3 is 15.0 Å². The number of ether oxygens (including phenoxy) is 1. The summed E-state index contributed by atoms with van der Waals surface area (Å²) in [6.07, 6.45) is 11.2. The summed E-state index contributed by atoms with van der Waals surface area (Å²) in [7, 11) is 0. The molecular weight excluding hydrogens is 496 g/mol. The van der Waals surface area contributed by atoms with Gasteiger partial charge in [-0.1, -0.05) is 23.4 Å². The molecule has 0 radical (unpaired) electrons. The quantitative estimate of drug-likeness (QED) is 0.531. The van der Waals surface area contributed by atoms with E-state index in [0.717, 1.165) is 74.1 Å². The molecule has 36 heavy (non-hydrogen) atoms. The Hall–Kier alpha value is -2.20. The van der Waals surface area contributed by atoms with Gasteiger partial charge in [0.1, 0.15) is 10.8 Å². The van der Waals surface area contributed by atoms with E-state index in [1.807, 2.05) is 18.3 Å². The number of hydrogen-bond acceptors (Lipinski definition) is 8. The van der Waals surface area contributed by atoms with Crippen LogP contribution in [0.3, 0.4) is 0 Å². The van der Waals surface area contributed by atoms with E-state index in [0.29, 0.717) is 40.0 Å². The molecule has 1 aromatic carbocycles. The standard InChI is InChI=1S/C26H31ClN6O2S/c1-17-11-26(15-35-17)6-9-32(10-7-26)21-12-30-22(13-29-21)36-20-5-4-19-23(24(20)27)25(34)33(16-31-19)14-18-3-2-8-28-18/h4-5,12-13,16-18,28H,2-3,6-11,14-15H2,1H3/t17-,18?/m0/s1. The van der Waals surface area contributed by atoms with Gasteiger partial charge in [-0.2, -0.15) is 0 Å². The number of aromatic nitrogens is 4. The summed E-state index contributed by atoms with van der Waals surface area (Å²) >= 11 is 8.17. The van der Waals surface area contributed by atoms with Crippen molar-refractivity contribution < 1.29 is 4.74 Å². The molecule has 0 aliphatic carbocycles. The Kier molecular flexibility index (Phi) is 6.66. The summed E-state index contributed by atoms with van der Waals surface area (Å²) in [5.41, 5.74) is 0.844. The molecule has 3 aliphatic heterocycles. The van der Waals surface area contributed by atoms with Gasteiger partial charge in [-0.3, -0.25) is 9.36 Å². The maximum Gasteiger partial charge on any atom is 0.262 e. The maximum atomic E-state index is 13.2. The van der Waals surface area contributed by atoms with Gasteiger partial charge >= 0.3 is 0 Å². The van der Waals surface area contributed by atoms with Crippen molar-refractivity contribution in [1.29, 1.82) is 0 Å². The summed E-state index contributed by atoms with van der Waals surface area (Å²) in [6, 6.07) is 4.05. The van der Waals surface area contributed by atoms with Crippen molar-refractivity contribution in [2.24, 2.45) is 5.41 Å². The van der Waals surface area contributed by atoms with Crippen LogP contribution in [0.5, 0.6) is 0 Å². The number of nitrogens with one attached hydrogen (secondary N) is 1. The van der Waals surface area contributed by atoms with E-state index >= 15 is 0 Å². The van der Waals surface area contributed by atoms with E-state index in [4.69, 9.17) is 21.3 Å². The van der Waals surface area contributed by atoms with Crippen LogP contribution in [0.15, 0.2) is 45.6 Å². The number of hydrogen-bond donors (Lipinski definition) is 1. The second-order valence-electron chi connectivity index (χ2n) is 10.4. The molecule has 5 heterocycles. The monoisotopic (exact) mass is 526 g/mol. The van der Waals surface area contributed by atoms with Gasteiger partial charge in [-0.15, -0.1) is 0 Å². The fourth-order valence-corrected chi connectivity index (χ4v) is 6.91. The molecule has 1 unspecified atom stereocenters. The van der Waals surface area contributed by atoms with E-state index in [-0.39, 0.29) is 5.56 Å². The molecule has 3 aromatic rings. The second kappa shape index (κ2) is 9.93. The molecule has 2 aromatic heterocycles. The lowest BCUT2D eigenvalue weighted by Gasteiger charge is -2.38. The summed E-state index contributed by atoms with van der Waals surface area (Å²) in [6.45, 7) is 6.60. The van der Waals surface area contributed by atoms with Crippen LogP contribution in [0, 0.1) is 5.41 Å². The predicted octanol–water partition coefficient (Wildman–Crippen LogP) is 4.14. The Morgan fingerprint density at radius 2 is 2.08 bits per heavy atom. The highest BCUT2D eigenvalue weighted by molar-refractivity contribution is 7.99. The van der Waals surface area contributed by atoms with E-state index in [1.54, 1.807) is 17.1 Å². The smallest absolute Gasteiger partial charge is 0.262 e. The predicted molar refractivity (Wildman–Crippen MR) is 142 cm³/mol. The van der Waals surface area contributed by atoms with E-state index in [1.165, 1.54) is 11.8 Å². The zero-order chi connectivity index (χ0) is 24.7. The third kappa shape index (κ3) is 4.74. The molecule has 3 saturated heterocycles. The number of benzene rings is 1. The van der Waals surface area contributed by atoms with Gasteiger partial charge in [-0.05, 0) is 63.1 Å². The minimum Gasteiger partial charge on any atom is -0.378 e. The largest absolute Gasteiger partial charge is 0.378 e. The van der Waals surface area contributed by atoms with Crippen molar-refractivity contribution >= 4 is 40.1 Å². The van der Waals surface area contributed by atoms with Gasteiger partial charge in [0.05, 0.1) is 47.4 Å². The second-order valence-corrected chi connectivity index (χ2v) is 11.8. The number of nitrogens with zero attached hydrogens (tertiary/aromatic N) is 5.